The predicted octanol–water partition coefficient (Wildman–Crippen LogP) is -0.801. The van der Waals surface area contributed by atoms with Crippen molar-refractivity contribution in [2.24, 2.45) is 0 Å². The summed E-state index contributed by atoms with van der Waals surface area (Å²) >= 11 is 0. The van der Waals surface area contributed by atoms with Crippen LogP contribution in [0, 0.1) is 0 Å². The molecule has 44 valence electrons. The fraction of sp³-hybridized carbons (Fsp3) is 0.800. The van der Waals surface area contributed by atoms with Gasteiger partial charge in [-0.15, -0.1) is 0 Å². The van der Waals surface area contributed by atoms with Crippen LogP contribution in [0.25, 0.3) is 0 Å². The summed E-state index contributed by atoms with van der Waals surface area (Å²) in [5.41, 5.74) is 0. The van der Waals surface area contributed by atoms with E-state index in [1.807, 2.05) is 7.98 Å². The van der Waals surface area contributed by atoms with E-state index < -0.39 is 0 Å². The number of ketones is 1. The molecule has 0 saturated carbocycles. The van der Waals surface area contributed by atoms with Gasteiger partial charge < -0.3 is 4.81 Å². The highest BCUT2D eigenvalue weighted by atomic mass is 16.1. The maximum absolute atomic E-state index is 10.6. The molecule has 2 nitrogen and oxygen atoms in total. The van der Waals surface area contributed by atoms with E-state index in [9.17, 15) is 4.79 Å². The number of carbonyl (C=O) groups is 1. The van der Waals surface area contributed by atoms with E-state index in [1.165, 1.54) is 0 Å². The standard InChI is InChI=1S/C5H10BNO/c6-7-3-1-5(8)2-4-7/h1-4,6H2. The zero-order chi connectivity index (χ0) is 5.98. The lowest BCUT2D eigenvalue weighted by Gasteiger charge is -2.20. The first-order chi connectivity index (χ1) is 3.79. The van der Waals surface area contributed by atoms with Crippen LogP contribution in [0.4, 0.5) is 0 Å². The van der Waals surface area contributed by atoms with Crippen molar-refractivity contribution in [1.82, 2.24) is 4.81 Å². The molecule has 1 aliphatic heterocycles. The van der Waals surface area contributed by atoms with Gasteiger partial charge in [0.15, 0.2) is 7.98 Å². The van der Waals surface area contributed by atoms with Gasteiger partial charge in [0.05, 0.1) is 0 Å². The average molecular weight is 111 g/mol. The van der Waals surface area contributed by atoms with Crippen molar-refractivity contribution in [2.45, 2.75) is 12.8 Å². The highest BCUT2D eigenvalue weighted by molar-refractivity contribution is 6.05. The SMILES string of the molecule is BN1CCC(=O)CC1. The minimum atomic E-state index is 0.420. The molecule has 0 amide bonds. The van der Waals surface area contributed by atoms with E-state index in [2.05, 4.69) is 4.81 Å². The molecule has 0 N–H and O–H groups in total. The van der Waals surface area contributed by atoms with Crippen LogP contribution in [0.2, 0.25) is 0 Å². The second kappa shape index (κ2) is 2.31. The van der Waals surface area contributed by atoms with Crippen LogP contribution in [0.5, 0.6) is 0 Å². The van der Waals surface area contributed by atoms with Gasteiger partial charge in [-0.1, -0.05) is 0 Å². The number of Topliss-reactive ketones (excluding diaryl/α,β-unsaturated/α-hetero) is 1. The minimum absolute atomic E-state index is 0.420. The Labute approximate surface area is 50.3 Å². The molecule has 0 bridgehead atoms. The molecule has 1 heterocycles. The van der Waals surface area contributed by atoms with Gasteiger partial charge in [0, 0.05) is 12.8 Å². The van der Waals surface area contributed by atoms with E-state index in [-0.39, 0.29) is 0 Å². The molecule has 8 heavy (non-hydrogen) atoms. The topological polar surface area (TPSA) is 20.3 Å². The Balaban J connectivity index is 2.29. The molecule has 0 unspecified atom stereocenters. The van der Waals surface area contributed by atoms with Gasteiger partial charge in [-0.2, -0.15) is 0 Å². The van der Waals surface area contributed by atoms with Crippen molar-refractivity contribution in [1.29, 1.82) is 0 Å². The molecule has 1 rings (SSSR count). The number of hydrogen-bond donors (Lipinski definition) is 0. The Bertz CT molecular complexity index is 94.6. The van der Waals surface area contributed by atoms with Crippen LogP contribution < -0.4 is 0 Å². The summed E-state index contributed by atoms with van der Waals surface area (Å²) in [4.78, 5) is 12.8. The number of piperidine rings is 1. The summed E-state index contributed by atoms with van der Waals surface area (Å²) < 4.78 is 0. The van der Waals surface area contributed by atoms with Gasteiger partial charge in [-0.25, -0.2) is 0 Å². The maximum Gasteiger partial charge on any atom is 0.185 e. The minimum Gasteiger partial charge on any atom is -0.348 e. The predicted molar refractivity (Wildman–Crippen MR) is 34.4 cm³/mol. The third-order valence-electron chi connectivity index (χ3n) is 1.54. The molecule has 0 aromatic heterocycles. The molecule has 3 heteroatoms. The highest BCUT2D eigenvalue weighted by Gasteiger charge is 2.10. The van der Waals surface area contributed by atoms with Gasteiger partial charge in [0.1, 0.15) is 5.78 Å². The van der Waals surface area contributed by atoms with Crippen molar-refractivity contribution in [3.05, 3.63) is 0 Å². The third-order valence-corrected chi connectivity index (χ3v) is 1.54. The zero-order valence-electron chi connectivity index (χ0n) is 5.18. The molecule has 1 fully saturated rings. The fourth-order valence-corrected chi connectivity index (χ4v) is 0.868. The summed E-state index contributed by atoms with van der Waals surface area (Å²) in [7, 11) is 2.05. The average Bonchev–Trinajstić information content (AvgIpc) is 1.77. The lowest BCUT2D eigenvalue weighted by molar-refractivity contribution is -0.120. The van der Waals surface area contributed by atoms with Crippen molar-refractivity contribution < 1.29 is 4.79 Å². The molecule has 0 aromatic carbocycles. The quantitative estimate of drug-likeness (QED) is 0.381. The van der Waals surface area contributed by atoms with Crippen molar-refractivity contribution >= 4 is 13.8 Å². The smallest absolute Gasteiger partial charge is 0.185 e. The molecule has 1 saturated heterocycles. The lowest BCUT2D eigenvalue weighted by atomic mass is 10.1. The summed E-state index contributed by atoms with van der Waals surface area (Å²) in [5, 5.41) is 0. The van der Waals surface area contributed by atoms with Crippen LogP contribution in [0.1, 0.15) is 12.8 Å². The summed E-state index contributed by atoms with van der Waals surface area (Å²) in [6.07, 6.45) is 1.52. The number of nitrogens with zero attached hydrogens (tertiary/aromatic N) is 1. The zero-order valence-corrected chi connectivity index (χ0v) is 5.18. The number of hydrogen-bond acceptors (Lipinski definition) is 2. The molecule has 0 aromatic rings. The van der Waals surface area contributed by atoms with E-state index >= 15 is 0 Å². The Morgan fingerprint density at radius 2 is 1.88 bits per heavy atom. The Hall–Kier alpha value is -0.305. The molecule has 0 spiro atoms. The normalized spacial score (nSPS) is 23.8. The number of carbonyl (C=O) groups excluding carboxylic acids is 1. The summed E-state index contributed by atoms with van der Waals surface area (Å²) in [5.74, 6) is 0.420. The van der Waals surface area contributed by atoms with Gasteiger partial charge in [0.2, 0.25) is 0 Å². The molecular weight excluding hydrogens is 101 g/mol. The van der Waals surface area contributed by atoms with E-state index in [1.54, 1.807) is 0 Å². The van der Waals surface area contributed by atoms with Crippen LogP contribution >= 0.6 is 0 Å². The Morgan fingerprint density at radius 1 is 1.38 bits per heavy atom. The van der Waals surface area contributed by atoms with Gasteiger partial charge in [-0.3, -0.25) is 4.79 Å². The van der Waals surface area contributed by atoms with Gasteiger partial charge in [0.25, 0.3) is 0 Å². The third kappa shape index (κ3) is 1.34. The second-order valence-electron chi connectivity index (χ2n) is 2.34. The number of rotatable bonds is 0. The fourth-order valence-electron chi connectivity index (χ4n) is 0.868. The molecule has 0 radical (unpaired) electrons. The second-order valence-corrected chi connectivity index (χ2v) is 2.34. The molecule has 0 atom stereocenters. The van der Waals surface area contributed by atoms with E-state index in [0.717, 1.165) is 25.9 Å². The van der Waals surface area contributed by atoms with Gasteiger partial charge in [-0.05, 0) is 13.1 Å². The molecular formula is C5H10BNO. The monoisotopic (exact) mass is 111 g/mol. The molecule has 1 aliphatic rings. The summed E-state index contributed by atoms with van der Waals surface area (Å²) in [6, 6.07) is 0. The first-order valence-electron chi connectivity index (χ1n) is 2.99. The molecule has 0 aliphatic carbocycles. The lowest BCUT2D eigenvalue weighted by Crippen LogP contribution is -2.31. The van der Waals surface area contributed by atoms with Crippen molar-refractivity contribution in [2.75, 3.05) is 13.1 Å². The van der Waals surface area contributed by atoms with Crippen LogP contribution in [0.3, 0.4) is 0 Å². The van der Waals surface area contributed by atoms with E-state index in [4.69, 9.17) is 0 Å². The first-order valence-corrected chi connectivity index (χ1v) is 2.99. The van der Waals surface area contributed by atoms with E-state index in [0.29, 0.717) is 5.78 Å². The van der Waals surface area contributed by atoms with Crippen LogP contribution in [-0.2, 0) is 4.79 Å². The van der Waals surface area contributed by atoms with Crippen molar-refractivity contribution in [3.63, 3.8) is 0 Å². The van der Waals surface area contributed by atoms with Crippen LogP contribution in [-0.4, -0.2) is 31.7 Å². The first kappa shape index (κ1) is 5.82. The van der Waals surface area contributed by atoms with Crippen LogP contribution in [0.15, 0.2) is 0 Å². The highest BCUT2D eigenvalue weighted by Crippen LogP contribution is 2.00. The Morgan fingerprint density at radius 3 is 2.25 bits per heavy atom. The maximum atomic E-state index is 10.6. The Kier molecular flexibility index (Phi) is 1.68. The van der Waals surface area contributed by atoms with Crippen molar-refractivity contribution in [3.8, 4) is 0 Å². The largest absolute Gasteiger partial charge is 0.348 e. The summed E-state index contributed by atoms with van der Waals surface area (Å²) in [6.45, 7) is 1.91. The van der Waals surface area contributed by atoms with Gasteiger partial charge >= 0.3 is 0 Å².